The van der Waals surface area contributed by atoms with Crippen LogP contribution in [0.5, 0.6) is 0 Å². The molecular formula is C24H27F2N3O3. The number of amides is 1. The first-order valence-electron chi connectivity index (χ1n) is 10.5. The van der Waals surface area contributed by atoms with Gasteiger partial charge in [0.1, 0.15) is 17.7 Å². The molecule has 0 aliphatic carbocycles. The van der Waals surface area contributed by atoms with Crippen molar-refractivity contribution in [3.05, 3.63) is 53.2 Å². The van der Waals surface area contributed by atoms with Crippen LogP contribution in [-0.2, 0) is 4.74 Å². The molecule has 2 heterocycles. The number of ether oxygens (including phenoxy) is 1. The molecule has 6 nitrogen and oxygen atoms in total. The van der Waals surface area contributed by atoms with Crippen molar-refractivity contribution in [1.82, 2.24) is 10.3 Å². The smallest absolute Gasteiger partial charge is 0.407 e. The zero-order valence-corrected chi connectivity index (χ0v) is 18.6. The summed E-state index contributed by atoms with van der Waals surface area (Å²) < 4.78 is 36.5. The van der Waals surface area contributed by atoms with E-state index in [1.54, 1.807) is 46.0 Å². The Morgan fingerprint density at radius 2 is 2.00 bits per heavy atom. The predicted molar refractivity (Wildman–Crippen MR) is 120 cm³/mol. The number of hydrogen-bond donors (Lipinski definition) is 4. The molecule has 0 saturated carbocycles. The first kappa shape index (κ1) is 22.1. The second-order valence-corrected chi connectivity index (χ2v) is 9.08. The number of halogens is 2. The summed E-state index contributed by atoms with van der Waals surface area (Å²) in [5, 5.41) is 17.4. The van der Waals surface area contributed by atoms with E-state index in [2.05, 4.69) is 15.6 Å². The second-order valence-electron chi connectivity index (χ2n) is 9.08. The third-order valence-corrected chi connectivity index (χ3v) is 5.89. The van der Waals surface area contributed by atoms with E-state index in [1.807, 2.05) is 13.0 Å². The van der Waals surface area contributed by atoms with Crippen LogP contribution >= 0.6 is 0 Å². The van der Waals surface area contributed by atoms with Gasteiger partial charge in [0.25, 0.3) is 0 Å². The van der Waals surface area contributed by atoms with Crippen LogP contribution in [-0.4, -0.2) is 33.9 Å². The number of anilines is 1. The highest BCUT2D eigenvalue weighted by Crippen LogP contribution is 2.44. The van der Waals surface area contributed by atoms with E-state index in [-0.39, 0.29) is 16.8 Å². The molecule has 3 aromatic rings. The van der Waals surface area contributed by atoms with Crippen LogP contribution in [0.15, 0.2) is 30.5 Å². The summed E-state index contributed by atoms with van der Waals surface area (Å²) in [6, 6.07) is 5.31. The normalized spacial score (nSPS) is 19.5. The lowest BCUT2D eigenvalue weighted by atomic mass is 9.81. The van der Waals surface area contributed by atoms with Gasteiger partial charge in [0, 0.05) is 28.4 Å². The third-order valence-electron chi connectivity index (χ3n) is 5.89. The minimum Gasteiger partial charge on any atom is -0.447 e. The molecule has 8 heteroatoms. The number of carbonyl (C=O) groups excluding carboxylic acids is 1. The van der Waals surface area contributed by atoms with E-state index < -0.39 is 41.5 Å². The van der Waals surface area contributed by atoms with Crippen molar-refractivity contribution in [2.45, 2.75) is 58.4 Å². The van der Waals surface area contributed by atoms with Gasteiger partial charge in [-0.3, -0.25) is 0 Å². The van der Waals surface area contributed by atoms with Crippen LogP contribution in [0.2, 0.25) is 0 Å². The first-order chi connectivity index (χ1) is 15.0. The van der Waals surface area contributed by atoms with Crippen LogP contribution in [0.4, 0.5) is 19.3 Å². The Kier molecular flexibility index (Phi) is 5.36. The number of fused-ring (bicyclic) bond motifs is 2. The standard InChI is InChI=1S/C24H27F2N3O3/c1-11(2)32-23(31)28-21-18-16(29-24(4,5)22(21)30)9-15(25)17(19(18)26)14-8-6-7-13-12(3)10-27-20(13)14/h6-11,21-22,27,29-30H,1-5H3,(H,28,31)/t21-,22+/m1/s1. The number of aliphatic hydroxyl groups is 1. The Morgan fingerprint density at radius 3 is 2.69 bits per heavy atom. The van der Waals surface area contributed by atoms with Crippen molar-refractivity contribution in [2.24, 2.45) is 0 Å². The van der Waals surface area contributed by atoms with Crippen molar-refractivity contribution in [3.8, 4) is 11.1 Å². The maximum atomic E-state index is 16.0. The van der Waals surface area contributed by atoms with E-state index in [0.717, 1.165) is 10.9 Å². The van der Waals surface area contributed by atoms with Crippen LogP contribution in [0.1, 0.15) is 44.9 Å². The van der Waals surface area contributed by atoms with Gasteiger partial charge in [0.05, 0.1) is 28.8 Å². The van der Waals surface area contributed by atoms with E-state index in [9.17, 15) is 9.90 Å². The molecule has 32 heavy (non-hydrogen) atoms. The third kappa shape index (κ3) is 3.58. The average molecular weight is 443 g/mol. The van der Waals surface area contributed by atoms with Gasteiger partial charge in [-0.2, -0.15) is 0 Å². The van der Waals surface area contributed by atoms with Crippen LogP contribution in [0.3, 0.4) is 0 Å². The van der Waals surface area contributed by atoms with Gasteiger partial charge in [-0.15, -0.1) is 0 Å². The number of hydrogen-bond acceptors (Lipinski definition) is 4. The lowest BCUT2D eigenvalue weighted by Crippen LogP contribution is -2.55. The molecule has 0 bridgehead atoms. The van der Waals surface area contributed by atoms with Gasteiger partial charge < -0.3 is 25.5 Å². The molecule has 4 N–H and O–H groups in total. The molecule has 0 radical (unpaired) electrons. The number of nitrogens with one attached hydrogen (secondary N) is 3. The number of aromatic nitrogens is 1. The minimum atomic E-state index is -1.20. The number of H-pyrrole nitrogens is 1. The Morgan fingerprint density at radius 1 is 1.28 bits per heavy atom. The van der Waals surface area contributed by atoms with E-state index in [0.29, 0.717) is 11.1 Å². The quantitative estimate of drug-likeness (QED) is 0.450. The maximum Gasteiger partial charge on any atom is 0.407 e. The summed E-state index contributed by atoms with van der Waals surface area (Å²) in [6.45, 7) is 8.65. The molecule has 2 atom stereocenters. The minimum absolute atomic E-state index is 0.0192. The zero-order chi connectivity index (χ0) is 23.4. The lowest BCUT2D eigenvalue weighted by Gasteiger charge is -2.43. The lowest BCUT2D eigenvalue weighted by molar-refractivity contribution is 0.0558. The molecule has 1 aliphatic rings. The molecule has 0 fully saturated rings. The number of benzene rings is 2. The first-order valence-corrected chi connectivity index (χ1v) is 10.5. The van der Waals surface area contributed by atoms with Crippen LogP contribution in [0.25, 0.3) is 22.0 Å². The fourth-order valence-corrected chi connectivity index (χ4v) is 4.31. The van der Waals surface area contributed by atoms with Crippen molar-refractivity contribution in [3.63, 3.8) is 0 Å². The Bertz CT molecular complexity index is 1200. The van der Waals surface area contributed by atoms with E-state index in [4.69, 9.17) is 4.74 Å². The van der Waals surface area contributed by atoms with Crippen molar-refractivity contribution >= 4 is 22.7 Å². The summed E-state index contributed by atoms with van der Waals surface area (Å²) in [7, 11) is 0. The Labute approximate surface area is 185 Å². The fourth-order valence-electron chi connectivity index (χ4n) is 4.31. The molecule has 0 saturated heterocycles. The number of aromatic amines is 1. The summed E-state index contributed by atoms with van der Waals surface area (Å²) in [4.78, 5) is 15.4. The zero-order valence-electron chi connectivity index (χ0n) is 18.6. The number of aliphatic hydroxyl groups excluding tert-OH is 1. The predicted octanol–water partition coefficient (Wildman–Crippen LogP) is 5.16. The maximum absolute atomic E-state index is 16.0. The number of carbonyl (C=O) groups is 1. The van der Waals surface area contributed by atoms with Gasteiger partial charge >= 0.3 is 6.09 Å². The van der Waals surface area contributed by atoms with E-state index >= 15 is 8.78 Å². The number of aryl methyl sites for hydroxylation is 1. The molecular weight excluding hydrogens is 416 g/mol. The average Bonchev–Trinajstić information content (AvgIpc) is 3.06. The molecule has 2 aromatic carbocycles. The molecule has 0 unspecified atom stereocenters. The van der Waals surface area contributed by atoms with Gasteiger partial charge in [-0.1, -0.05) is 18.2 Å². The molecule has 0 spiro atoms. The van der Waals surface area contributed by atoms with Crippen LogP contribution in [0, 0.1) is 18.6 Å². The highest BCUT2D eigenvalue weighted by Gasteiger charge is 2.44. The Balaban J connectivity index is 1.91. The van der Waals surface area contributed by atoms with Gasteiger partial charge in [0.2, 0.25) is 0 Å². The molecule has 1 aliphatic heterocycles. The SMILES string of the molecule is Cc1c[nH]c2c(-c3c(F)cc4c(c3F)[C@@H](NC(=O)OC(C)C)[C@H](O)C(C)(C)N4)cccc12. The summed E-state index contributed by atoms with van der Waals surface area (Å²) in [5.74, 6) is -1.60. The number of rotatable bonds is 3. The summed E-state index contributed by atoms with van der Waals surface area (Å²) in [5.41, 5.74) is 0.884. The van der Waals surface area contributed by atoms with Crippen molar-refractivity contribution < 1.29 is 23.4 Å². The summed E-state index contributed by atoms with van der Waals surface area (Å²) >= 11 is 0. The van der Waals surface area contributed by atoms with Gasteiger partial charge in [-0.25, -0.2) is 13.6 Å². The van der Waals surface area contributed by atoms with Gasteiger partial charge in [-0.05, 0) is 46.2 Å². The van der Waals surface area contributed by atoms with E-state index in [1.165, 1.54) is 6.07 Å². The molecule has 1 amide bonds. The van der Waals surface area contributed by atoms with Crippen molar-refractivity contribution in [2.75, 3.05) is 5.32 Å². The van der Waals surface area contributed by atoms with Crippen LogP contribution < -0.4 is 10.6 Å². The highest BCUT2D eigenvalue weighted by molar-refractivity contribution is 5.96. The number of alkyl carbamates (subject to hydrolysis) is 1. The topological polar surface area (TPSA) is 86.4 Å². The largest absolute Gasteiger partial charge is 0.447 e. The summed E-state index contributed by atoms with van der Waals surface area (Å²) in [6.07, 6.45) is -0.613. The van der Waals surface area contributed by atoms with Gasteiger partial charge in [0.15, 0.2) is 0 Å². The van der Waals surface area contributed by atoms with Crippen molar-refractivity contribution in [1.29, 1.82) is 0 Å². The fraction of sp³-hybridized carbons (Fsp3) is 0.375. The number of para-hydroxylation sites is 1. The molecule has 1 aromatic heterocycles. The highest BCUT2D eigenvalue weighted by atomic mass is 19.1. The molecule has 170 valence electrons. The second kappa shape index (κ2) is 7.78. The monoisotopic (exact) mass is 443 g/mol. The Hall–Kier alpha value is -3.13. The molecule has 4 rings (SSSR count).